The molecule has 2 aliphatic heterocycles. The molecule has 2 aliphatic rings. The third-order valence-corrected chi connectivity index (χ3v) is 5.43. The summed E-state index contributed by atoms with van der Waals surface area (Å²) in [6.45, 7) is 3.99. The molecule has 1 unspecified atom stereocenters. The van der Waals surface area contributed by atoms with E-state index in [1.54, 1.807) is 0 Å². The fourth-order valence-electron chi connectivity index (χ4n) is 3.27. The minimum Gasteiger partial charge on any atom is -0.385 e. The molecule has 3 N–H and O–H groups in total. The van der Waals surface area contributed by atoms with Crippen LogP contribution in [0.4, 0.5) is 5.69 Å². The van der Waals surface area contributed by atoms with E-state index in [1.807, 2.05) is 18.7 Å². The Morgan fingerprint density at radius 3 is 2.85 bits per heavy atom. The highest BCUT2D eigenvalue weighted by atomic mass is 32.2. The fourth-order valence-corrected chi connectivity index (χ4v) is 4.44. The Bertz CT molecular complexity index is 483. The van der Waals surface area contributed by atoms with E-state index in [0.29, 0.717) is 0 Å². The van der Waals surface area contributed by atoms with E-state index in [0.717, 1.165) is 49.4 Å². The van der Waals surface area contributed by atoms with Crippen molar-refractivity contribution in [2.24, 2.45) is 5.73 Å². The van der Waals surface area contributed by atoms with Crippen molar-refractivity contribution in [1.29, 1.82) is 0 Å². The van der Waals surface area contributed by atoms with Gasteiger partial charge in [0.05, 0.1) is 5.60 Å². The molecule has 3 nitrogen and oxygen atoms in total. The highest BCUT2D eigenvalue weighted by molar-refractivity contribution is 7.99. The summed E-state index contributed by atoms with van der Waals surface area (Å²) in [6, 6.07) is 6.72. The van der Waals surface area contributed by atoms with Crippen molar-refractivity contribution < 1.29 is 5.11 Å². The summed E-state index contributed by atoms with van der Waals surface area (Å²) >= 11 is 1.94. The number of nitrogens with zero attached hydrogens (tertiary/aromatic N) is 1. The summed E-state index contributed by atoms with van der Waals surface area (Å²) in [5, 5.41) is 10.9. The lowest BCUT2D eigenvalue weighted by Gasteiger charge is -2.33. The quantitative estimate of drug-likeness (QED) is 0.896. The lowest BCUT2D eigenvalue weighted by atomic mass is 9.87. The maximum atomic E-state index is 10.9. The van der Waals surface area contributed by atoms with Crippen LogP contribution in [0.2, 0.25) is 0 Å². The number of aliphatic hydroxyl groups is 1. The summed E-state index contributed by atoms with van der Waals surface area (Å²) in [6.07, 6.45) is 2.82. The molecule has 1 fully saturated rings. The van der Waals surface area contributed by atoms with Gasteiger partial charge in [0.2, 0.25) is 0 Å². The lowest BCUT2D eigenvalue weighted by Crippen LogP contribution is -2.35. The predicted molar refractivity (Wildman–Crippen MR) is 86.5 cm³/mol. The minimum atomic E-state index is -0.622. The number of hydrogen-bond acceptors (Lipinski definition) is 4. The Hall–Kier alpha value is -0.710. The van der Waals surface area contributed by atoms with Crippen LogP contribution in [0, 0.1) is 0 Å². The Morgan fingerprint density at radius 1 is 1.40 bits per heavy atom. The predicted octanol–water partition coefficient (Wildman–Crippen LogP) is 2.11. The molecule has 3 rings (SSSR count). The maximum Gasteiger partial charge on any atom is 0.0913 e. The third-order valence-electron chi connectivity index (χ3n) is 4.44. The van der Waals surface area contributed by atoms with Crippen LogP contribution in [0.15, 0.2) is 18.2 Å². The Balaban J connectivity index is 1.88. The van der Waals surface area contributed by atoms with Gasteiger partial charge in [-0.25, -0.2) is 0 Å². The number of nitrogens with two attached hydrogens (primary N) is 1. The first kappa shape index (κ1) is 14.2. The van der Waals surface area contributed by atoms with Crippen LogP contribution < -0.4 is 10.6 Å². The van der Waals surface area contributed by atoms with Gasteiger partial charge < -0.3 is 15.7 Å². The van der Waals surface area contributed by atoms with Crippen LogP contribution in [0.25, 0.3) is 0 Å². The topological polar surface area (TPSA) is 49.5 Å². The molecule has 0 saturated carbocycles. The summed E-state index contributed by atoms with van der Waals surface area (Å²) in [4.78, 5) is 2.37. The van der Waals surface area contributed by atoms with Crippen LogP contribution in [0.3, 0.4) is 0 Å². The average Bonchev–Trinajstić information content (AvgIpc) is 2.81. The molecule has 4 heteroatoms. The molecule has 1 saturated heterocycles. The highest BCUT2D eigenvalue weighted by Crippen LogP contribution is 2.39. The molecule has 0 bridgehead atoms. The summed E-state index contributed by atoms with van der Waals surface area (Å²) in [5.41, 5.74) is 9.09. The van der Waals surface area contributed by atoms with E-state index in [1.165, 1.54) is 11.3 Å². The van der Waals surface area contributed by atoms with E-state index in [9.17, 15) is 5.11 Å². The maximum absolute atomic E-state index is 10.9. The summed E-state index contributed by atoms with van der Waals surface area (Å²) in [7, 11) is 0. The Kier molecular flexibility index (Phi) is 3.98. The largest absolute Gasteiger partial charge is 0.385 e. The number of fused-ring (bicyclic) bond motifs is 1. The van der Waals surface area contributed by atoms with E-state index < -0.39 is 5.60 Å². The molecule has 0 amide bonds. The summed E-state index contributed by atoms with van der Waals surface area (Å²) in [5.74, 6) is 2.11. The number of benzene rings is 1. The van der Waals surface area contributed by atoms with Gasteiger partial charge in [-0.2, -0.15) is 11.8 Å². The van der Waals surface area contributed by atoms with E-state index in [-0.39, 0.29) is 6.04 Å². The molecule has 0 aromatic heterocycles. The zero-order valence-corrected chi connectivity index (χ0v) is 13.0. The molecular weight excluding hydrogens is 268 g/mol. The van der Waals surface area contributed by atoms with Gasteiger partial charge >= 0.3 is 0 Å². The van der Waals surface area contributed by atoms with Crippen molar-refractivity contribution in [3.05, 3.63) is 29.3 Å². The molecule has 1 aromatic carbocycles. The van der Waals surface area contributed by atoms with Gasteiger partial charge in [0.25, 0.3) is 0 Å². The van der Waals surface area contributed by atoms with Gasteiger partial charge in [0.1, 0.15) is 0 Å². The van der Waals surface area contributed by atoms with E-state index in [2.05, 4.69) is 23.1 Å². The van der Waals surface area contributed by atoms with Crippen molar-refractivity contribution in [1.82, 2.24) is 0 Å². The van der Waals surface area contributed by atoms with Crippen molar-refractivity contribution in [2.45, 2.75) is 37.8 Å². The SMILES string of the molecule is CC(N)CN1CCc2ccc(C3(O)CCSCC3)cc21. The summed E-state index contributed by atoms with van der Waals surface area (Å²) < 4.78 is 0. The number of rotatable bonds is 3. The zero-order valence-electron chi connectivity index (χ0n) is 12.1. The third kappa shape index (κ3) is 2.69. The number of thioether (sulfide) groups is 1. The second-order valence-corrected chi connectivity index (χ2v) is 7.39. The van der Waals surface area contributed by atoms with Gasteiger partial charge in [-0.3, -0.25) is 0 Å². The molecular formula is C16H24N2OS. The van der Waals surface area contributed by atoms with Crippen LogP contribution >= 0.6 is 11.8 Å². The molecule has 0 spiro atoms. The fraction of sp³-hybridized carbons (Fsp3) is 0.625. The van der Waals surface area contributed by atoms with E-state index in [4.69, 9.17) is 5.73 Å². The first-order valence-electron chi connectivity index (χ1n) is 7.52. The van der Waals surface area contributed by atoms with Crippen LogP contribution in [0.5, 0.6) is 0 Å². The monoisotopic (exact) mass is 292 g/mol. The minimum absolute atomic E-state index is 0.179. The van der Waals surface area contributed by atoms with Gasteiger partial charge in [0, 0.05) is 24.8 Å². The van der Waals surface area contributed by atoms with Gasteiger partial charge in [0.15, 0.2) is 0 Å². The number of hydrogen-bond donors (Lipinski definition) is 2. The van der Waals surface area contributed by atoms with E-state index >= 15 is 0 Å². The van der Waals surface area contributed by atoms with Gasteiger partial charge in [-0.05, 0) is 54.9 Å². The van der Waals surface area contributed by atoms with Crippen LogP contribution in [-0.4, -0.2) is 35.7 Å². The first-order chi connectivity index (χ1) is 9.58. The zero-order chi connectivity index (χ0) is 14.2. The molecule has 0 radical (unpaired) electrons. The molecule has 1 atom stereocenters. The normalized spacial score (nSPS) is 22.6. The van der Waals surface area contributed by atoms with Crippen molar-refractivity contribution in [3.8, 4) is 0 Å². The van der Waals surface area contributed by atoms with Gasteiger partial charge in [-0.15, -0.1) is 0 Å². The van der Waals surface area contributed by atoms with Gasteiger partial charge in [-0.1, -0.05) is 12.1 Å². The lowest BCUT2D eigenvalue weighted by molar-refractivity contribution is 0.0281. The van der Waals surface area contributed by atoms with Crippen molar-refractivity contribution in [2.75, 3.05) is 29.5 Å². The molecule has 20 heavy (non-hydrogen) atoms. The van der Waals surface area contributed by atoms with Crippen LogP contribution in [0.1, 0.15) is 30.9 Å². The molecule has 0 aliphatic carbocycles. The van der Waals surface area contributed by atoms with Crippen LogP contribution in [-0.2, 0) is 12.0 Å². The first-order valence-corrected chi connectivity index (χ1v) is 8.68. The van der Waals surface area contributed by atoms with Crippen molar-refractivity contribution >= 4 is 17.4 Å². The standard InChI is InChI=1S/C16H24N2OS/c1-12(17)11-18-7-4-13-2-3-14(10-15(13)18)16(19)5-8-20-9-6-16/h2-3,10,12,19H,4-9,11,17H2,1H3. The molecule has 110 valence electrons. The smallest absolute Gasteiger partial charge is 0.0913 e. The average molecular weight is 292 g/mol. The Labute approximate surface area is 125 Å². The van der Waals surface area contributed by atoms with Crippen molar-refractivity contribution in [3.63, 3.8) is 0 Å². The second-order valence-electron chi connectivity index (χ2n) is 6.16. The molecule has 1 aromatic rings. The number of anilines is 1. The second kappa shape index (κ2) is 5.58. The highest BCUT2D eigenvalue weighted by Gasteiger charge is 2.33. The molecule has 2 heterocycles. The Morgan fingerprint density at radius 2 is 2.15 bits per heavy atom.